The summed E-state index contributed by atoms with van der Waals surface area (Å²) in [6, 6.07) is 22.5. The van der Waals surface area contributed by atoms with Crippen molar-refractivity contribution in [3.05, 3.63) is 84.4 Å². The molecular weight excluding hydrogens is 490 g/mol. The van der Waals surface area contributed by atoms with Crippen molar-refractivity contribution >= 4 is 34.1 Å². The van der Waals surface area contributed by atoms with Gasteiger partial charge >= 0.3 is 6.03 Å². The van der Waals surface area contributed by atoms with Crippen molar-refractivity contribution in [3.63, 3.8) is 0 Å². The number of hydrogen-bond donors (Lipinski definition) is 3. The van der Waals surface area contributed by atoms with E-state index >= 15 is 0 Å². The van der Waals surface area contributed by atoms with Crippen molar-refractivity contribution in [2.45, 2.75) is 19.4 Å². The zero-order valence-corrected chi connectivity index (χ0v) is 21.2. The molecule has 37 heavy (non-hydrogen) atoms. The van der Waals surface area contributed by atoms with E-state index in [-0.39, 0.29) is 0 Å². The molecule has 190 valence electrons. The zero-order valence-electron chi connectivity index (χ0n) is 20.4. The minimum absolute atomic E-state index is 0.297. The number of ether oxygens (including phenoxy) is 2. The summed E-state index contributed by atoms with van der Waals surface area (Å²) >= 11 is 1.23. The standard InChI is InChI=1S/C27H27N5O4S/c1-3-36-21-14-12-20(13-15-21)28-26(34)29-23(16-18-8-5-4-6-9-18)24(33)30-27-32-31-25(37-27)19-10-7-11-22(17-19)35-2/h4-15,17,23H,3,16H2,1-2H3,(H2,28,29,34)(H,30,32,33). The second-order valence-corrected chi connectivity index (χ2v) is 8.91. The number of nitrogens with zero attached hydrogens (tertiary/aromatic N) is 2. The first-order chi connectivity index (χ1) is 18.0. The molecule has 0 fully saturated rings. The Bertz CT molecular complexity index is 1330. The quantitative estimate of drug-likeness (QED) is 0.273. The van der Waals surface area contributed by atoms with E-state index in [0.29, 0.717) is 40.4 Å². The number of aromatic nitrogens is 2. The molecule has 1 unspecified atom stereocenters. The topological polar surface area (TPSA) is 114 Å². The van der Waals surface area contributed by atoms with Crippen LogP contribution < -0.4 is 25.4 Å². The van der Waals surface area contributed by atoms with E-state index in [4.69, 9.17) is 9.47 Å². The number of rotatable bonds is 10. The van der Waals surface area contributed by atoms with Crippen molar-refractivity contribution in [2.75, 3.05) is 24.4 Å². The smallest absolute Gasteiger partial charge is 0.319 e. The molecule has 0 spiro atoms. The summed E-state index contributed by atoms with van der Waals surface area (Å²) in [5.41, 5.74) is 2.30. The minimum atomic E-state index is -0.853. The van der Waals surface area contributed by atoms with E-state index in [0.717, 1.165) is 11.1 Å². The fourth-order valence-corrected chi connectivity index (χ4v) is 4.27. The fraction of sp³-hybridized carbons (Fsp3) is 0.185. The number of anilines is 2. The summed E-state index contributed by atoms with van der Waals surface area (Å²) < 4.78 is 10.7. The summed E-state index contributed by atoms with van der Waals surface area (Å²) in [7, 11) is 1.59. The van der Waals surface area contributed by atoms with Gasteiger partial charge < -0.3 is 20.1 Å². The van der Waals surface area contributed by atoms with Gasteiger partial charge in [-0.25, -0.2) is 4.79 Å². The number of amides is 3. The molecule has 4 aromatic rings. The number of urea groups is 1. The highest BCUT2D eigenvalue weighted by atomic mass is 32.1. The van der Waals surface area contributed by atoms with E-state index in [1.54, 1.807) is 31.4 Å². The SMILES string of the molecule is CCOc1ccc(NC(=O)NC(Cc2ccccc2)C(=O)Nc2nnc(-c3cccc(OC)c3)s2)cc1. The van der Waals surface area contributed by atoms with E-state index < -0.39 is 18.0 Å². The van der Waals surface area contributed by atoms with E-state index in [1.165, 1.54) is 11.3 Å². The van der Waals surface area contributed by atoms with Crippen LogP contribution in [0.1, 0.15) is 12.5 Å². The predicted molar refractivity (Wildman–Crippen MR) is 144 cm³/mol. The van der Waals surface area contributed by atoms with Crippen LogP contribution in [0.4, 0.5) is 15.6 Å². The number of benzene rings is 3. The second kappa shape index (κ2) is 12.5. The molecule has 3 amide bonds. The number of carbonyl (C=O) groups excluding carboxylic acids is 2. The molecule has 4 rings (SSSR count). The molecule has 0 saturated carbocycles. The Kier molecular flexibility index (Phi) is 8.66. The molecule has 10 heteroatoms. The molecule has 0 radical (unpaired) electrons. The van der Waals surface area contributed by atoms with E-state index in [1.807, 2.05) is 61.5 Å². The van der Waals surface area contributed by atoms with Crippen LogP contribution in [0.2, 0.25) is 0 Å². The third-order valence-electron chi connectivity index (χ3n) is 5.30. The van der Waals surface area contributed by atoms with Gasteiger partial charge in [0.15, 0.2) is 0 Å². The molecule has 3 N–H and O–H groups in total. The Labute approximate surface area is 218 Å². The van der Waals surface area contributed by atoms with Gasteiger partial charge in [-0.2, -0.15) is 0 Å². The van der Waals surface area contributed by atoms with Crippen LogP contribution >= 0.6 is 11.3 Å². The lowest BCUT2D eigenvalue weighted by Crippen LogP contribution is -2.46. The monoisotopic (exact) mass is 517 g/mol. The number of hydrogen-bond acceptors (Lipinski definition) is 7. The molecule has 9 nitrogen and oxygen atoms in total. The van der Waals surface area contributed by atoms with E-state index in [9.17, 15) is 9.59 Å². The lowest BCUT2D eigenvalue weighted by Gasteiger charge is -2.18. The normalized spacial score (nSPS) is 11.3. The molecule has 0 aliphatic rings. The summed E-state index contributed by atoms with van der Waals surface area (Å²) in [5.74, 6) is 1.00. The van der Waals surface area contributed by atoms with Crippen LogP contribution in [0.3, 0.4) is 0 Å². The minimum Gasteiger partial charge on any atom is -0.497 e. The maximum atomic E-state index is 13.2. The number of nitrogens with one attached hydrogen (secondary N) is 3. The molecular formula is C27H27N5O4S. The Balaban J connectivity index is 1.45. The molecule has 0 aliphatic heterocycles. The Morgan fingerprint density at radius 3 is 2.43 bits per heavy atom. The number of carbonyl (C=O) groups is 2. The van der Waals surface area contributed by atoms with Gasteiger partial charge in [0.2, 0.25) is 11.0 Å². The predicted octanol–water partition coefficient (Wildman–Crippen LogP) is 4.98. The lowest BCUT2D eigenvalue weighted by molar-refractivity contribution is -0.117. The summed E-state index contributed by atoms with van der Waals surface area (Å²) in [6.07, 6.45) is 0.297. The highest BCUT2D eigenvalue weighted by molar-refractivity contribution is 7.18. The van der Waals surface area contributed by atoms with Crippen molar-refractivity contribution < 1.29 is 19.1 Å². The van der Waals surface area contributed by atoms with Crippen molar-refractivity contribution in [2.24, 2.45) is 0 Å². The first-order valence-corrected chi connectivity index (χ1v) is 12.5. The fourth-order valence-electron chi connectivity index (χ4n) is 3.52. The first kappa shape index (κ1) is 25.6. The first-order valence-electron chi connectivity index (χ1n) is 11.7. The molecule has 1 aromatic heterocycles. The van der Waals surface area contributed by atoms with Crippen LogP contribution in [0, 0.1) is 0 Å². The average Bonchev–Trinajstić information content (AvgIpc) is 3.38. The maximum Gasteiger partial charge on any atom is 0.319 e. The van der Waals surface area contributed by atoms with Gasteiger partial charge in [0.05, 0.1) is 13.7 Å². The Morgan fingerprint density at radius 2 is 1.70 bits per heavy atom. The molecule has 1 heterocycles. The Hall–Kier alpha value is -4.44. The van der Waals surface area contributed by atoms with Gasteiger partial charge in [0.25, 0.3) is 0 Å². The van der Waals surface area contributed by atoms with Crippen LogP contribution in [0.5, 0.6) is 11.5 Å². The molecule has 0 bridgehead atoms. The molecule has 0 saturated heterocycles. The lowest BCUT2D eigenvalue weighted by atomic mass is 10.1. The molecule has 0 aliphatic carbocycles. The van der Waals surface area contributed by atoms with Crippen molar-refractivity contribution in [1.29, 1.82) is 0 Å². The number of methoxy groups -OCH3 is 1. The van der Waals surface area contributed by atoms with Crippen molar-refractivity contribution in [1.82, 2.24) is 15.5 Å². The van der Waals surface area contributed by atoms with Gasteiger partial charge in [-0.3, -0.25) is 10.1 Å². The van der Waals surface area contributed by atoms with Gasteiger partial charge in [-0.15, -0.1) is 10.2 Å². The summed E-state index contributed by atoms with van der Waals surface area (Å²) in [4.78, 5) is 26.0. The van der Waals surface area contributed by atoms with Crippen LogP contribution in [-0.4, -0.2) is 41.9 Å². The Morgan fingerprint density at radius 1 is 0.919 bits per heavy atom. The summed E-state index contributed by atoms with van der Waals surface area (Å²) in [6.45, 7) is 2.46. The van der Waals surface area contributed by atoms with Crippen molar-refractivity contribution in [3.8, 4) is 22.1 Å². The van der Waals surface area contributed by atoms with Gasteiger partial charge in [-0.1, -0.05) is 53.8 Å². The van der Waals surface area contributed by atoms with Crippen LogP contribution in [0.15, 0.2) is 78.9 Å². The van der Waals surface area contributed by atoms with Gasteiger partial charge in [0.1, 0.15) is 22.5 Å². The highest BCUT2D eigenvalue weighted by Crippen LogP contribution is 2.29. The average molecular weight is 518 g/mol. The maximum absolute atomic E-state index is 13.2. The zero-order chi connectivity index (χ0) is 26.0. The largest absolute Gasteiger partial charge is 0.497 e. The summed E-state index contributed by atoms with van der Waals surface area (Å²) in [5, 5.41) is 17.6. The molecule has 3 aromatic carbocycles. The van der Waals surface area contributed by atoms with Gasteiger partial charge in [0, 0.05) is 17.7 Å². The highest BCUT2D eigenvalue weighted by Gasteiger charge is 2.23. The van der Waals surface area contributed by atoms with Gasteiger partial charge in [-0.05, 0) is 48.9 Å². The second-order valence-electron chi connectivity index (χ2n) is 7.93. The van der Waals surface area contributed by atoms with Crippen LogP contribution in [0.25, 0.3) is 10.6 Å². The van der Waals surface area contributed by atoms with E-state index in [2.05, 4.69) is 26.1 Å². The molecule has 1 atom stereocenters. The third kappa shape index (κ3) is 7.28. The third-order valence-corrected chi connectivity index (χ3v) is 6.19. The van der Waals surface area contributed by atoms with Crippen LogP contribution in [-0.2, 0) is 11.2 Å².